The van der Waals surface area contributed by atoms with Crippen LogP contribution in [0.25, 0.3) is 0 Å². The zero-order chi connectivity index (χ0) is 14.7. The van der Waals surface area contributed by atoms with Gasteiger partial charge in [0.15, 0.2) is 0 Å². The first-order chi connectivity index (χ1) is 10.3. The van der Waals surface area contributed by atoms with Crippen LogP contribution in [0.15, 0.2) is 33.6 Å². The third-order valence-electron chi connectivity index (χ3n) is 3.73. The molecule has 3 rings (SSSR count). The summed E-state index contributed by atoms with van der Waals surface area (Å²) in [6.07, 6.45) is 3.03. The zero-order valence-electron chi connectivity index (χ0n) is 12.5. The van der Waals surface area contributed by atoms with Gasteiger partial charge in [0.05, 0.1) is 11.3 Å². The van der Waals surface area contributed by atoms with Crippen LogP contribution in [0.2, 0.25) is 0 Å². The van der Waals surface area contributed by atoms with Gasteiger partial charge in [-0.1, -0.05) is 32.0 Å². The highest BCUT2D eigenvalue weighted by Gasteiger charge is 2.28. The molecule has 1 aromatic heterocycles. The molecule has 5 heteroatoms. The molecule has 1 aromatic carbocycles. The van der Waals surface area contributed by atoms with E-state index in [1.807, 2.05) is 11.8 Å². The van der Waals surface area contributed by atoms with Gasteiger partial charge in [0.25, 0.3) is 0 Å². The fourth-order valence-corrected chi connectivity index (χ4v) is 3.79. The van der Waals surface area contributed by atoms with Crippen molar-refractivity contribution in [2.45, 2.75) is 49.3 Å². The maximum atomic E-state index is 5.94. The van der Waals surface area contributed by atoms with Crippen LogP contribution in [-0.4, -0.2) is 16.7 Å². The molecular weight excluding hydrogens is 282 g/mol. The topological polar surface area (TPSA) is 51.0 Å². The van der Waals surface area contributed by atoms with Gasteiger partial charge in [-0.05, 0) is 37.4 Å². The van der Waals surface area contributed by atoms with Crippen LogP contribution >= 0.6 is 11.8 Å². The zero-order valence-corrected chi connectivity index (χ0v) is 13.3. The van der Waals surface area contributed by atoms with Gasteiger partial charge in [-0.25, -0.2) is 0 Å². The second-order valence-electron chi connectivity index (χ2n) is 5.31. The van der Waals surface area contributed by atoms with E-state index < -0.39 is 0 Å². The average Bonchev–Trinajstić information content (AvgIpc) is 3.14. The molecule has 1 aliphatic rings. The highest BCUT2D eigenvalue weighted by Crippen LogP contribution is 2.45. The van der Waals surface area contributed by atoms with Gasteiger partial charge in [-0.2, -0.15) is 0 Å². The maximum absolute atomic E-state index is 5.94. The van der Waals surface area contributed by atoms with Crippen molar-refractivity contribution in [2.75, 3.05) is 6.54 Å². The Morgan fingerprint density at radius 1 is 1.33 bits per heavy atom. The number of aromatic nitrogens is 2. The second kappa shape index (κ2) is 6.62. The first kappa shape index (κ1) is 14.6. The Hall–Kier alpha value is -1.33. The molecule has 2 atom stereocenters. The lowest BCUT2D eigenvalue weighted by Gasteiger charge is -2.11. The monoisotopic (exact) mass is 303 g/mol. The van der Waals surface area contributed by atoms with E-state index in [9.17, 15) is 0 Å². The Bertz CT molecular complexity index is 574. The molecule has 112 valence electrons. The van der Waals surface area contributed by atoms with Crippen LogP contribution in [0.1, 0.15) is 55.3 Å². The number of rotatable bonds is 6. The predicted molar refractivity (Wildman–Crippen MR) is 84.4 cm³/mol. The number of hydrogen-bond acceptors (Lipinski definition) is 5. The molecule has 0 saturated heterocycles. The maximum Gasteiger partial charge on any atom is 0.233 e. The summed E-state index contributed by atoms with van der Waals surface area (Å²) in [5, 5.41) is 12.2. The van der Waals surface area contributed by atoms with Crippen LogP contribution in [-0.2, 0) is 6.42 Å². The summed E-state index contributed by atoms with van der Waals surface area (Å²) < 4.78 is 5.94. The number of benzene rings is 1. The van der Waals surface area contributed by atoms with E-state index in [4.69, 9.17) is 4.42 Å². The summed E-state index contributed by atoms with van der Waals surface area (Å²) in [7, 11) is 0. The van der Waals surface area contributed by atoms with E-state index in [-0.39, 0.29) is 11.3 Å². The van der Waals surface area contributed by atoms with Crippen LogP contribution < -0.4 is 5.32 Å². The van der Waals surface area contributed by atoms with E-state index in [0.29, 0.717) is 0 Å². The third-order valence-corrected chi connectivity index (χ3v) is 5.03. The summed E-state index contributed by atoms with van der Waals surface area (Å²) in [6, 6.07) is 8.67. The van der Waals surface area contributed by atoms with Crippen molar-refractivity contribution in [3.05, 3.63) is 41.6 Å². The summed E-state index contributed by atoms with van der Waals surface area (Å²) >= 11 is 1.82. The van der Waals surface area contributed by atoms with Crippen molar-refractivity contribution in [2.24, 2.45) is 0 Å². The van der Waals surface area contributed by atoms with Crippen molar-refractivity contribution in [3.8, 4) is 0 Å². The second-order valence-corrected chi connectivity index (χ2v) is 6.56. The third kappa shape index (κ3) is 3.14. The molecule has 0 saturated carbocycles. The molecule has 2 heterocycles. The van der Waals surface area contributed by atoms with Crippen molar-refractivity contribution in [1.29, 1.82) is 0 Å². The summed E-state index contributed by atoms with van der Waals surface area (Å²) in [4.78, 5) is 1.33. The first-order valence-corrected chi connectivity index (χ1v) is 8.51. The van der Waals surface area contributed by atoms with E-state index in [1.165, 1.54) is 10.5 Å². The normalized spacial score (nSPS) is 18.7. The predicted octanol–water partition coefficient (Wildman–Crippen LogP) is 3.91. The fourth-order valence-electron chi connectivity index (χ4n) is 2.56. The van der Waals surface area contributed by atoms with Gasteiger partial charge >= 0.3 is 0 Å². The Morgan fingerprint density at radius 2 is 2.19 bits per heavy atom. The highest BCUT2D eigenvalue weighted by atomic mass is 32.2. The average molecular weight is 303 g/mol. The van der Waals surface area contributed by atoms with Crippen LogP contribution in [0.3, 0.4) is 0 Å². The number of hydrogen-bond donors (Lipinski definition) is 1. The Balaban J connectivity index is 1.71. The molecule has 2 aromatic rings. The van der Waals surface area contributed by atoms with Crippen LogP contribution in [0.4, 0.5) is 0 Å². The molecule has 0 amide bonds. The molecule has 0 radical (unpaired) electrons. The Kier molecular flexibility index (Phi) is 4.60. The molecule has 0 bridgehead atoms. The molecule has 1 N–H and O–H groups in total. The van der Waals surface area contributed by atoms with E-state index in [1.54, 1.807) is 0 Å². The quantitative estimate of drug-likeness (QED) is 0.877. The van der Waals surface area contributed by atoms with Crippen LogP contribution in [0, 0.1) is 0 Å². The van der Waals surface area contributed by atoms with Crippen molar-refractivity contribution >= 4 is 11.8 Å². The van der Waals surface area contributed by atoms with Crippen molar-refractivity contribution in [1.82, 2.24) is 15.5 Å². The standard InChI is InChI=1S/C16H21N3OS/c1-3-9-17-12(4-2)15-18-19-16(20-15)14-10-11-7-5-6-8-13(11)21-14/h5-8,12,14,17H,3-4,9-10H2,1-2H3. The Labute approximate surface area is 129 Å². The minimum Gasteiger partial charge on any atom is -0.422 e. The minimum absolute atomic E-state index is 0.167. The van der Waals surface area contributed by atoms with Gasteiger partial charge in [0.1, 0.15) is 0 Å². The highest BCUT2D eigenvalue weighted by molar-refractivity contribution is 7.99. The summed E-state index contributed by atoms with van der Waals surface area (Å²) in [5.41, 5.74) is 1.38. The smallest absolute Gasteiger partial charge is 0.233 e. The molecule has 0 aliphatic carbocycles. The minimum atomic E-state index is 0.167. The lowest BCUT2D eigenvalue weighted by molar-refractivity contribution is 0.371. The number of fused-ring (bicyclic) bond motifs is 1. The fraction of sp³-hybridized carbons (Fsp3) is 0.500. The van der Waals surface area contributed by atoms with Crippen molar-refractivity contribution in [3.63, 3.8) is 0 Å². The molecule has 21 heavy (non-hydrogen) atoms. The molecule has 0 fully saturated rings. The molecule has 1 aliphatic heterocycles. The lowest BCUT2D eigenvalue weighted by atomic mass is 10.1. The molecule has 4 nitrogen and oxygen atoms in total. The summed E-state index contributed by atoms with van der Waals surface area (Å²) in [5.74, 6) is 1.47. The first-order valence-electron chi connectivity index (χ1n) is 7.63. The largest absolute Gasteiger partial charge is 0.422 e. The molecule has 2 unspecified atom stereocenters. The van der Waals surface area contributed by atoms with Gasteiger partial charge < -0.3 is 9.73 Å². The van der Waals surface area contributed by atoms with Gasteiger partial charge in [0.2, 0.25) is 11.8 Å². The van der Waals surface area contributed by atoms with E-state index >= 15 is 0 Å². The molecular formula is C16H21N3OS. The summed E-state index contributed by atoms with van der Waals surface area (Å²) in [6.45, 7) is 5.27. The van der Waals surface area contributed by atoms with E-state index in [0.717, 1.165) is 37.6 Å². The van der Waals surface area contributed by atoms with Crippen molar-refractivity contribution < 1.29 is 4.42 Å². The molecule has 0 spiro atoms. The van der Waals surface area contributed by atoms with Crippen LogP contribution in [0.5, 0.6) is 0 Å². The van der Waals surface area contributed by atoms with Gasteiger partial charge in [0, 0.05) is 4.90 Å². The lowest BCUT2D eigenvalue weighted by Crippen LogP contribution is -2.21. The number of thioether (sulfide) groups is 1. The SMILES string of the molecule is CCCNC(CC)c1nnc(C2Cc3ccccc3S2)o1. The van der Waals surface area contributed by atoms with Gasteiger partial charge in [-0.15, -0.1) is 22.0 Å². The van der Waals surface area contributed by atoms with Gasteiger partial charge in [-0.3, -0.25) is 0 Å². The number of nitrogens with one attached hydrogen (secondary N) is 1. The number of nitrogens with zero attached hydrogens (tertiary/aromatic N) is 2. The Morgan fingerprint density at radius 3 is 2.95 bits per heavy atom. The van der Waals surface area contributed by atoms with E-state index in [2.05, 4.69) is 53.6 Å².